The normalized spacial score (nSPS) is 14.0. The molecule has 1 aromatic carbocycles. The van der Waals surface area contributed by atoms with E-state index in [2.05, 4.69) is 19.9 Å². The van der Waals surface area contributed by atoms with Gasteiger partial charge in [-0.25, -0.2) is 9.59 Å². The summed E-state index contributed by atoms with van der Waals surface area (Å²) in [6.07, 6.45) is 2.36. The van der Waals surface area contributed by atoms with Crippen molar-refractivity contribution in [2.75, 3.05) is 31.5 Å². The van der Waals surface area contributed by atoms with Crippen molar-refractivity contribution in [1.82, 2.24) is 14.6 Å². The number of carbonyl (C=O) groups excluding carboxylic acids is 1. The smallest absolute Gasteiger partial charge is 0.344 e. The van der Waals surface area contributed by atoms with Crippen LogP contribution in [0.5, 0.6) is 5.88 Å². The molecule has 8 nitrogen and oxygen atoms in total. The number of likely N-dealkylation sites (tertiary alicyclic amines) is 1. The molecule has 1 aromatic heterocycles. The fourth-order valence-corrected chi connectivity index (χ4v) is 4.03. The van der Waals surface area contributed by atoms with Gasteiger partial charge < -0.3 is 20.1 Å². The second-order valence-electron chi connectivity index (χ2n) is 6.43. The standard InChI is InChI=1S/C18H20Cl2N4O4S/c19-12-5-3-4-11(14(12)20)10-28-15-13(17(25)26)16(29-23-15)22-18(27)21-6-9-24-7-1-2-8-24/h3-5H,1-2,6-10H2,(H,25,26)(H2,21,22,27). The van der Waals surface area contributed by atoms with Crippen LogP contribution in [0.4, 0.5) is 9.80 Å². The number of halogens is 2. The Morgan fingerprint density at radius 3 is 2.76 bits per heavy atom. The number of rotatable bonds is 8. The topological polar surface area (TPSA) is 104 Å². The van der Waals surface area contributed by atoms with Gasteiger partial charge >= 0.3 is 12.0 Å². The van der Waals surface area contributed by atoms with E-state index in [1.54, 1.807) is 18.2 Å². The third-order valence-electron chi connectivity index (χ3n) is 4.41. The Hall–Kier alpha value is -2.07. The molecule has 0 aliphatic carbocycles. The number of urea groups is 1. The molecule has 2 heterocycles. The van der Waals surface area contributed by atoms with Crippen LogP contribution in [0.25, 0.3) is 0 Å². The van der Waals surface area contributed by atoms with Crippen LogP contribution >= 0.6 is 34.7 Å². The van der Waals surface area contributed by atoms with E-state index in [4.69, 9.17) is 27.9 Å². The van der Waals surface area contributed by atoms with Crippen molar-refractivity contribution in [2.24, 2.45) is 0 Å². The molecule has 0 atom stereocenters. The van der Waals surface area contributed by atoms with Gasteiger partial charge in [0.15, 0.2) is 5.56 Å². The van der Waals surface area contributed by atoms with E-state index in [0.29, 0.717) is 22.2 Å². The minimum absolute atomic E-state index is 0.00905. The van der Waals surface area contributed by atoms with Gasteiger partial charge in [0.05, 0.1) is 10.0 Å². The molecule has 3 N–H and O–H groups in total. The molecule has 11 heteroatoms. The van der Waals surface area contributed by atoms with Gasteiger partial charge in [-0.1, -0.05) is 35.3 Å². The van der Waals surface area contributed by atoms with Crippen molar-refractivity contribution in [3.8, 4) is 5.88 Å². The zero-order valence-corrected chi connectivity index (χ0v) is 17.7. The Bertz CT molecular complexity index is 887. The fraction of sp³-hybridized carbons (Fsp3) is 0.389. The number of ether oxygens (including phenoxy) is 1. The number of hydrogen-bond donors (Lipinski definition) is 3. The van der Waals surface area contributed by atoms with Crippen LogP contribution in [0, 0.1) is 0 Å². The van der Waals surface area contributed by atoms with Gasteiger partial charge in [-0.15, -0.1) is 0 Å². The molecular formula is C18H20Cl2N4O4S. The van der Waals surface area contributed by atoms with Gasteiger partial charge in [0, 0.05) is 18.7 Å². The van der Waals surface area contributed by atoms with Crippen LogP contribution in [0.3, 0.4) is 0 Å². The Labute approximate surface area is 181 Å². The zero-order valence-electron chi connectivity index (χ0n) is 15.4. The van der Waals surface area contributed by atoms with Crippen molar-refractivity contribution >= 4 is 51.7 Å². The minimum atomic E-state index is -1.25. The number of nitrogens with zero attached hydrogens (tertiary/aromatic N) is 2. The molecule has 2 aromatic rings. The highest BCUT2D eigenvalue weighted by atomic mass is 35.5. The van der Waals surface area contributed by atoms with E-state index in [1.807, 2.05) is 0 Å². The number of nitrogens with one attached hydrogen (secondary N) is 2. The minimum Gasteiger partial charge on any atom is -0.477 e. The average Bonchev–Trinajstić information content (AvgIpc) is 3.33. The number of amides is 2. The van der Waals surface area contributed by atoms with Gasteiger partial charge in [0.25, 0.3) is 0 Å². The molecule has 29 heavy (non-hydrogen) atoms. The molecule has 0 saturated carbocycles. The van der Waals surface area contributed by atoms with Crippen molar-refractivity contribution in [1.29, 1.82) is 0 Å². The molecule has 1 aliphatic heterocycles. The number of benzene rings is 1. The molecule has 2 amide bonds. The third-order valence-corrected chi connectivity index (χ3v) is 6.01. The Morgan fingerprint density at radius 1 is 1.28 bits per heavy atom. The Kier molecular flexibility index (Phi) is 7.54. The number of anilines is 1. The summed E-state index contributed by atoms with van der Waals surface area (Å²) in [5.74, 6) is -1.34. The summed E-state index contributed by atoms with van der Waals surface area (Å²) in [5.41, 5.74) is 0.389. The zero-order chi connectivity index (χ0) is 20.8. The van der Waals surface area contributed by atoms with Gasteiger partial charge in [-0.3, -0.25) is 5.32 Å². The number of aromatic nitrogens is 1. The first kappa shape index (κ1) is 21.6. The van der Waals surface area contributed by atoms with Gasteiger partial charge in [0.1, 0.15) is 11.6 Å². The molecule has 1 saturated heterocycles. The third kappa shape index (κ3) is 5.72. The number of aromatic carboxylic acids is 1. The summed E-state index contributed by atoms with van der Waals surface area (Å²) in [7, 11) is 0. The predicted molar refractivity (Wildman–Crippen MR) is 113 cm³/mol. The lowest BCUT2D eigenvalue weighted by atomic mass is 10.2. The predicted octanol–water partition coefficient (Wildman–Crippen LogP) is 3.94. The van der Waals surface area contributed by atoms with E-state index in [9.17, 15) is 14.7 Å². The van der Waals surface area contributed by atoms with E-state index >= 15 is 0 Å². The molecule has 0 spiro atoms. The molecular weight excluding hydrogens is 439 g/mol. The van der Waals surface area contributed by atoms with Gasteiger partial charge in [0.2, 0.25) is 5.88 Å². The van der Waals surface area contributed by atoms with Crippen molar-refractivity contribution < 1.29 is 19.4 Å². The Balaban J connectivity index is 1.59. The first-order chi connectivity index (χ1) is 14.0. The van der Waals surface area contributed by atoms with Crippen LogP contribution in [0.1, 0.15) is 28.8 Å². The van der Waals surface area contributed by atoms with Crippen LogP contribution in [0.2, 0.25) is 10.0 Å². The van der Waals surface area contributed by atoms with Crippen molar-refractivity contribution in [3.63, 3.8) is 0 Å². The largest absolute Gasteiger partial charge is 0.477 e. The number of carbonyl (C=O) groups is 2. The summed E-state index contributed by atoms with van der Waals surface area (Å²) >= 11 is 12.9. The quantitative estimate of drug-likeness (QED) is 0.553. The van der Waals surface area contributed by atoms with E-state index in [1.165, 1.54) is 12.8 Å². The highest BCUT2D eigenvalue weighted by Gasteiger charge is 2.24. The number of carboxylic acids is 1. The maximum atomic E-state index is 12.1. The lowest BCUT2D eigenvalue weighted by Crippen LogP contribution is -2.36. The molecule has 0 bridgehead atoms. The van der Waals surface area contributed by atoms with Crippen LogP contribution in [0.15, 0.2) is 18.2 Å². The van der Waals surface area contributed by atoms with E-state index in [0.717, 1.165) is 31.2 Å². The first-order valence-electron chi connectivity index (χ1n) is 9.01. The lowest BCUT2D eigenvalue weighted by molar-refractivity contribution is 0.0693. The maximum Gasteiger partial charge on any atom is 0.344 e. The van der Waals surface area contributed by atoms with E-state index < -0.39 is 12.0 Å². The van der Waals surface area contributed by atoms with Crippen LogP contribution in [-0.2, 0) is 6.61 Å². The van der Waals surface area contributed by atoms with Gasteiger partial charge in [-0.05, 0) is 43.5 Å². The average molecular weight is 459 g/mol. The first-order valence-corrected chi connectivity index (χ1v) is 10.5. The highest BCUT2D eigenvalue weighted by molar-refractivity contribution is 7.11. The van der Waals surface area contributed by atoms with Crippen LogP contribution < -0.4 is 15.4 Å². The SMILES string of the molecule is O=C(NCCN1CCCC1)Nc1snc(OCc2cccc(Cl)c2Cl)c1C(=O)O. The summed E-state index contributed by atoms with van der Waals surface area (Å²) in [4.78, 5) is 26.0. The maximum absolute atomic E-state index is 12.1. The van der Waals surface area contributed by atoms with Crippen molar-refractivity contribution in [2.45, 2.75) is 19.4 Å². The van der Waals surface area contributed by atoms with E-state index in [-0.39, 0.29) is 23.1 Å². The number of carboxylic acid groups (broad SMARTS) is 1. The van der Waals surface area contributed by atoms with Crippen LogP contribution in [-0.4, -0.2) is 52.6 Å². The summed E-state index contributed by atoms with van der Waals surface area (Å²) in [5, 5.41) is 15.6. The summed E-state index contributed by atoms with van der Waals surface area (Å²) < 4.78 is 9.54. The molecule has 3 rings (SSSR count). The number of hydrogen-bond acceptors (Lipinski definition) is 6. The molecule has 156 valence electrons. The lowest BCUT2D eigenvalue weighted by Gasteiger charge is -2.14. The highest BCUT2D eigenvalue weighted by Crippen LogP contribution is 2.32. The summed E-state index contributed by atoms with van der Waals surface area (Å²) in [6, 6.07) is 4.59. The molecule has 0 radical (unpaired) electrons. The molecule has 0 unspecified atom stereocenters. The molecule has 1 fully saturated rings. The van der Waals surface area contributed by atoms with Gasteiger partial charge in [-0.2, -0.15) is 4.37 Å². The second kappa shape index (κ2) is 10.1. The monoisotopic (exact) mass is 458 g/mol. The fourth-order valence-electron chi connectivity index (χ4n) is 2.94. The molecule has 1 aliphatic rings. The van der Waals surface area contributed by atoms with Crippen molar-refractivity contribution in [3.05, 3.63) is 39.4 Å². The summed E-state index contributed by atoms with van der Waals surface area (Å²) in [6.45, 7) is 3.31. The second-order valence-corrected chi connectivity index (χ2v) is 7.99. The Morgan fingerprint density at radius 2 is 2.03 bits per heavy atom.